The number of hydrogen-bond acceptors (Lipinski definition) is 4. The molecule has 0 amide bonds. The lowest BCUT2D eigenvalue weighted by Gasteiger charge is -2.30. The molecular weight excluding hydrogens is 328 g/mol. The summed E-state index contributed by atoms with van der Waals surface area (Å²) in [5, 5.41) is 11.0. The van der Waals surface area contributed by atoms with E-state index in [1.54, 1.807) is 6.92 Å². The monoisotopic (exact) mass is 364 g/mol. The molecule has 0 saturated carbocycles. The number of fused-ring (bicyclic) bond motifs is 1. The zero-order valence-corrected chi connectivity index (χ0v) is 17.2. The molecule has 0 spiro atoms. The Morgan fingerprint density at radius 2 is 2.04 bits per heavy atom. The van der Waals surface area contributed by atoms with Crippen LogP contribution < -0.4 is 0 Å². The van der Waals surface area contributed by atoms with Crippen molar-refractivity contribution in [3.05, 3.63) is 23.8 Å². The summed E-state index contributed by atoms with van der Waals surface area (Å²) < 4.78 is 11.4. The molecule has 0 radical (unpaired) electrons. The van der Waals surface area contributed by atoms with Crippen molar-refractivity contribution in [3.8, 4) is 0 Å². The number of allylic oxidation sites excluding steroid dienone is 2. The second-order valence-electron chi connectivity index (χ2n) is 8.87. The Labute approximate surface area is 158 Å². The van der Waals surface area contributed by atoms with Crippen molar-refractivity contribution in [1.82, 2.24) is 0 Å². The molecular formula is C22H36O4. The van der Waals surface area contributed by atoms with Gasteiger partial charge in [0.25, 0.3) is 0 Å². The van der Waals surface area contributed by atoms with Crippen LogP contribution in [0.2, 0.25) is 0 Å². The van der Waals surface area contributed by atoms with Crippen molar-refractivity contribution in [1.29, 1.82) is 0 Å². The fourth-order valence-electron chi connectivity index (χ4n) is 3.78. The quantitative estimate of drug-likeness (QED) is 0.443. The highest BCUT2D eigenvalue weighted by atomic mass is 16.6. The van der Waals surface area contributed by atoms with Crippen LogP contribution in [0.4, 0.5) is 0 Å². The summed E-state index contributed by atoms with van der Waals surface area (Å²) in [7, 11) is 0. The normalized spacial score (nSPS) is 42.2. The highest BCUT2D eigenvalue weighted by molar-refractivity contribution is 5.66. The van der Waals surface area contributed by atoms with Crippen LogP contribution in [0.5, 0.6) is 0 Å². The molecule has 1 saturated heterocycles. The first-order valence-electron chi connectivity index (χ1n) is 9.96. The minimum atomic E-state index is -1.19. The number of carbonyl (C=O) groups excluding carboxylic acids is 1. The molecule has 4 heteroatoms. The average molecular weight is 365 g/mol. The number of epoxide rings is 1. The summed E-state index contributed by atoms with van der Waals surface area (Å²) in [5.74, 6) is 0.477. The molecule has 2 aliphatic rings. The predicted octanol–water partition coefficient (Wildman–Crippen LogP) is 4.57. The van der Waals surface area contributed by atoms with Crippen molar-refractivity contribution in [2.45, 2.75) is 97.1 Å². The summed E-state index contributed by atoms with van der Waals surface area (Å²) in [5.41, 5.74) is 0.0630. The van der Waals surface area contributed by atoms with Gasteiger partial charge in [0, 0.05) is 13.3 Å². The van der Waals surface area contributed by atoms with Crippen molar-refractivity contribution in [2.24, 2.45) is 11.8 Å². The number of hydrogen-bond donors (Lipinski definition) is 1. The van der Waals surface area contributed by atoms with E-state index in [1.165, 1.54) is 12.5 Å². The maximum Gasteiger partial charge on any atom is 0.303 e. The summed E-state index contributed by atoms with van der Waals surface area (Å²) in [4.78, 5) is 11.5. The molecule has 1 heterocycles. The van der Waals surface area contributed by atoms with Crippen LogP contribution in [0.1, 0.15) is 73.6 Å². The Kier molecular flexibility index (Phi) is 6.73. The van der Waals surface area contributed by atoms with Gasteiger partial charge in [-0.2, -0.15) is 0 Å². The van der Waals surface area contributed by atoms with E-state index in [2.05, 4.69) is 39.8 Å². The minimum Gasteiger partial charge on any atom is -0.459 e. The number of rotatable bonds is 2. The molecule has 0 aromatic rings. The van der Waals surface area contributed by atoms with E-state index < -0.39 is 11.7 Å². The van der Waals surface area contributed by atoms with E-state index in [4.69, 9.17) is 9.47 Å². The Bertz CT molecular complexity index is 560. The van der Waals surface area contributed by atoms with Crippen LogP contribution in [0, 0.1) is 11.8 Å². The molecule has 26 heavy (non-hydrogen) atoms. The molecule has 2 rings (SSSR count). The van der Waals surface area contributed by atoms with Crippen molar-refractivity contribution >= 4 is 5.97 Å². The van der Waals surface area contributed by atoms with Crippen molar-refractivity contribution < 1.29 is 19.4 Å². The first-order chi connectivity index (χ1) is 12.0. The summed E-state index contributed by atoms with van der Waals surface area (Å²) in [6, 6.07) is 0. The van der Waals surface area contributed by atoms with E-state index in [0.29, 0.717) is 24.4 Å². The van der Waals surface area contributed by atoms with Gasteiger partial charge in [-0.05, 0) is 58.3 Å². The van der Waals surface area contributed by atoms with Gasteiger partial charge in [0.1, 0.15) is 11.7 Å². The lowest BCUT2D eigenvalue weighted by Crippen LogP contribution is -2.40. The fraction of sp³-hybridized carbons (Fsp3) is 0.773. The number of esters is 1. The van der Waals surface area contributed by atoms with Crippen LogP contribution in [0.25, 0.3) is 0 Å². The van der Waals surface area contributed by atoms with Crippen molar-refractivity contribution in [3.63, 3.8) is 0 Å². The van der Waals surface area contributed by atoms with E-state index in [9.17, 15) is 9.90 Å². The summed E-state index contributed by atoms with van der Waals surface area (Å²) in [6.45, 7) is 11.8. The Balaban J connectivity index is 2.25. The molecule has 0 bridgehead atoms. The average Bonchev–Trinajstić information content (AvgIpc) is 3.18. The molecule has 0 aromatic heterocycles. The number of ether oxygens (including phenoxy) is 2. The zero-order chi connectivity index (χ0) is 19.5. The largest absolute Gasteiger partial charge is 0.459 e. The Morgan fingerprint density at radius 1 is 1.35 bits per heavy atom. The van der Waals surface area contributed by atoms with E-state index >= 15 is 0 Å². The molecule has 1 N–H and O–H groups in total. The van der Waals surface area contributed by atoms with Crippen molar-refractivity contribution in [2.75, 3.05) is 0 Å². The lowest BCUT2D eigenvalue weighted by molar-refractivity contribution is -0.156. The second kappa shape index (κ2) is 8.26. The molecule has 1 fully saturated rings. The van der Waals surface area contributed by atoms with Gasteiger partial charge in [0.15, 0.2) is 0 Å². The van der Waals surface area contributed by atoms with Gasteiger partial charge >= 0.3 is 5.97 Å². The third-order valence-electron chi connectivity index (χ3n) is 5.99. The molecule has 2 unspecified atom stereocenters. The summed E-state index contributed by atoms with van der Waals surface area (Å²) >= 11 is 0. The van der Waals surface area contributed by atoms with Crippen LogP contribution >= 0.6 is 0 Å². The molecule has 1 aliphatic heterocycles. The highest BCUT2D eigenvalue weighted by Gasteiger charge is 2.51. The van der Waals surface area contributed by atoms with E-state index in [1.807, 2.05) is 6.08 Å². The van der Waals surface area contributed by atoms with Crippen LogP contribution in [0.3, 0.4) is 0 Å². The molecule has 148 valence electrons. The highest BCUT2D eigenvalue weighted by Crippen LogP contribution is 2.44. The van der Waals surface area contributed by atoms with E-state index in [-0.39, 0.29) is 11.6 Å². The van der Waals surface area contributed by atoms with Gasteiger partial charge in [0.05, 0.1) is 11.7 Å². The van der Waals surface area contributed by atoms with E-state index in [0.717, 1.165) is 25.7 Å². The third-order valence-corrected chi connectivity index (χ3v) is 5.99. The molecule has 1 aliphatic carbocycles. The number of aliphatic hydroxyl groups is 1. The zero-order valence-electron chi connectivity index (χ0n) is 17.2. The van der Waals surface area contributed by atoms with Gasteiger partial charge in [-0.3, -0.25) is 4.79 Å². The lowest BCUT2D eigenvalue weighted by atomic mass is 9.84. The van der Waals surface area contributed by atoms with Gasteiger partial charge in [0.2, 0.25) is 0 Å². The predicted molar refractivity (Wildman–Crippen MR) is 104 cm³/mol. The molecule has 5 atom stereocenters. The minimum absolute atomic E-state index is 0.00811. The molecule has 0 aromatic carbocycles. The first kappa shape index (κ1) is 21.2. The number of carbonyl (C=O) groups is 1. The second-order valence-corrected chi connectivity index (χ2v) is 8.87. The first-order valence-corrected chi connectivity index (χ1v) is 9.96. The van der Waals surface area contributed by atoms with Crippen LogP contribution in [-0.2, 0) is 14.3 Å². The maximum atomic E-state index is 11.5. The Hall–Kier alpha value is -1.13. The third kappa shape index (κ3) is 5.68. The van der Waals surface area contributed by atoms with Gasteiger partial charge < -0.3 is 14.6 Å². The van der Waals surface area contributed by atoms with Crippen LogP contribution in [-0.4, -0.2) is 34.5 Å². The standard InChI is InChI=1S/C22H36O4/c1-15(2)18-11-13-21(5,24)19(25-17(4)23)9-7-16(3)8-10-20-22(6,26-20)14-12-18/h7,11,13,15,18-20,24H,8-10,12,14H2,1-6H3/b13-11+,16-7+/t18-,19+,20?,21-,22?/m0/s1. The van der Waals surface area contributed by atoms with Gasteiger partial charge in [-0.1, -0.05) is 37.6 Å². The fourth-order valence-corrected chi connectivity index (χ4v) is 3.78. The summed E-state index contributed by atoms with van der Waals surface area (Å²) in [6.07, 6.45) is 10.3. The van der Waals surface area contributed by atoms with Gasteiger partial charge in [-0.15, -0.1) is 0 Å². The molecule has 4 nitrogen and oxygen atoms in total. The van der Waals surface area contributed by atoms with Gasteiger partial charge in [-0.25, -0.2) is 0 Å². The topological polar surface area (TPSA) is 59.1 Å². The Morgan fingerprint density at radius 3 is 2.65 bits per heavy atom. The maximum absolute atomic E-state index is 11.5. The SMILES string of the molecule is CC(=O)O[C@@H]1C/C=C(\C)CCC2OC2(C)CC[C@@H](C(C)C)/C=C/[C@]1(C)O. The smallest absolute Gasteiger partial charge is 0.303 e. The van der Waals surface area contributed by atoms with Crippen LogP contribution in [0.15, 0.2) is 23.8 Å².